The van der Waals surface area contributed by atoms with Crippen molar-refractivity contribution < 1.29 is 14.7 Å². The van der Waals surface area contributed by atoms with Crippen LogP contribution < -0.4 is 5.32 Å². The Hall–Kier alpha value is -0.910. The summed E-state index contributed by atoms with van der Waals surface area (Å²) in [6.07, 6.45) is 2.84. The average Bonchev–Trinajstić information content (AvgIpc) is 2.79. The summed E-state index contributed by atoms with van der Waals surface area (Å²) in [5.41, 5.74) is -1.03. The zero-order valence-electron chi connectivity index (χ0n) is 10.6. The number of nitrogens with one attached hydrogen (secondary N) is 1. The summed E-state index contributed by atoms with van der Waals surface area (Å²) in [5, 5.41) is 12.1. The van der Waals surface area contributed by atoms with Crippen LogP contribution in [0.1, 0.15) is 32.6 Å². The lowest BCUT2D eigenvalue weighted by Crippen LogP contribution is -2.59. The van der Waals surface area contributed by atoms with Crippen molar-refractivity contribution in [2.24, 2.45) is 0 Å². The highest BCUT2D eigenvalue weighted by atomic mass is 32.2. The molecule has 2 aliphatic rings. The fourth-order valence-corrected chi connectivity index (χ4v) is 3.69. The van der Waals surface area contributed by atoms with Crippen molar-refractivity contribution in [3.63, 3.8) is 0 Å². The van der Waals surface area contributed by atoms with Gasteiger partial charge in [-0.1, -0.05) is 12.8 Å². The van der Waals surface area contributed by atoms with Crippen molar-refractivity contribution in [3.8, 4) is 0 Å². The molecular weight excluding hydrogens is 252 g/mol. The number of amides is 2. The Morgan fingerprint density at radius 2 is 2.06 bits per heavy atom. The SMILES string of the molecule is CC1CSCCN1C(=O)NC1(C(=O)O)CCCC1. The molecule has 1 saturated carbocycles. The Balaban J connectivity index is 2.03. The van der Waals surface area contributed by atoms with Gasteiger partial charge in [0.15, 0.2) is 0 Å². The van der Waals surface area contributed by atoms with Crippen molar-refractivity contribution in [3.05, 3.63) is 0 Å². The van der Waals surface area contributed by atoms with Gasteiger partial charge in [0.2, 0.25) is 0 Å². The summed E-state index contributed by atoms with van der Waals surface area (Å²) in [4.78, 5) is 25.4. The van der Waals surface area contributed by atoms with Crippen LogP contribution >= 0.6 is 11.8 Å². The van der Waals surface area contributed by atoms with Gasteiger partial charge in [-0.3, -0.25) is 0 Å². The minimum atomic E-state index is -1.03. The van der Waals surface area contributed by atoms with Crippen LogP contribution in [0.25, 0.3) is 0 Å². The second-order valence-electron chi connectivity index (χ2n) is 5.14. The molecular formula is C12H20N2O3S. The lowest BCUT2D eigenvalue weighted by Gasteiger charge is -2.36. The summed E-state index contributed by atoms with van der Waals surface area (Å²) < 4.78 is 0. The third-order valence-electron chi connectivity index (χ3n) is 3.84. The fraction of sp³-hybridized carbons (Fsp3) is 0.833. The van der Waals surface area contributed by atoms with Crippen LogP contribution in [0.5, 0.6) is 0 Å². The summed E-state index contributed by atoms with van der Waals surface area (Å²) in [6, 6.07) is -0.0388. The first-order chi connectivity index (χ1) is 8.55. The van der Waals surface area contributed by atoms with E-state index in [0.29, 0.717) is 19.4 Å². The minimum Gasteiger partial charge on any atom is -0.480 e. The van der Waals surface area contributed by atoms with Crippen LogP contribution in [0, 0.1) is 0 Å². The maximum atomic E-state index is 12.2. The zero-order valence-corrected chi connectivity index (χ0v) is 11.5. The molecule has 6 heteroatoms. The first-order valence-electron chi connectivity index (χ1n) is 6.45. The molecule has 1 saturated heterocycles. The molecule has 1 atom stereocenters. The fourth-order valence-electron chi connectivity index (χ4n) is 2.68. The van der Waals surface area contributed by atoms with Crippen LogP contribution in [0.3, 0.4) is 0 Å². The number of carboxylic acids is 1. The third kappa shape index (κ3) is 2.58. The number of rotatable bonds is 2. The Morgan fingerprint density at radius 1 is 1.39 bits per heavy atom. The molecule has 1 aliphatic carbocycles. The molecule has 2 amide bonds. The maximum absolute atomic E-state index is 12.2. The topological polar surface area (TPSA) is 69.6 Å². The van der Waals surface area contributed by atoms with Crippen molar-refractivity contribution in [1.82, 2.24) is 10.2 Å². The normalized spacial score (nSPS) is 26.9. The van der Waals surface area contributed by atoms with Crippen molar-refractivity contribution in [2.75, 3.05) is 18.1 Å². The molecule has 1 unspecified atom stereocenters. The van der Waals surface area contributed by atoms with E-state index < -0.39 is 11.5 Å². The third-order valence-corrected chi connectivity index (χ3v) is 5.03. The Labute approximate surface area is 111 Å². The van der Waals surface area contributed by atoms with Crippen LogP contribution in [0.4, 0.5) is 4.79 Å². The Kier molecular flexibility index (Phi) is 4.04. The molecule has 0 radical (unpaired) electrons. The minimum absolute atomic E-state index is 0.177. The number of carbonyl (C=O) groups excluding carboxylic acids is 1. The molecule has 2 N–H and O–H groups in total. The highest BCUT2D eigenvalue weighted by molar-refractivity contribution is 7.99. The predicted octanol–water partition coefficient (Wildman–Crippen LogP) is 1.53. The van der Waals surface area contributed by atoms with Crippen LogP contribution in [0.15, 0.2) is 0 Å². The molecule has 0 aromatic rings. The van der Waals surface area contributed by atoms with Crippen molar-refractivity contribution >= 4 is 23.8 Å². The quantitative estimate of drug-likeness (QED) is 0.800. The molecule has 0 aromatic carbocycles. The molecule has 102 valence electrons. The summed E-state index contributed by atoms with van der Waals surface area (Å²) in [7, 11) is 0. The number of nitrogens with zero attached hydrogens (tertiary/aromatic N) is 1. The van der Waals surface area contributed by atoms with E-state index in [1.54, 1.807) is 4.90 Å². The molecule has 18 heavy (non-hydrogen) atoms. The van der Waals surface area contributed by atoms with Gasteiger partial charge in [0.05, 0.1) is 0 Å². The Morgan fingerprint density at radius 3 is 2.61 bits per heavy atom. The van der Waals surface area contributed by atoms with Gasteiger partial charge in [-0.05, 0) is 19.8 Å². The maximum Gasteiger partial charge on any atom is 0.329 e. The second kappa shape index (κ2) is 5.38. The smallest absolute Gasteiger partial charge is 0.329 e. The van der Waals surface area contributed by atoms with Gasteiger partial charge in [-0.2, -0.15) is 11.8 Å². The molecule has 0 aromatic heterocycles. The molecule has 0 spiro atoms. The van der Waals surface area contributed by atoms with Gasteiger partial charge in [-0.25, -0.2) is 9.59 Å². The highest BCUT2D eigenvalue weighted by Gasteiger charge is 2.43. The van der Waals surface area contributed by atoms with Gasteiger partial charge < -0.3 is 15.3 Å². The molecule has 1 aliphatic heterocycles. The lowest BCUT2D eigenvalue weighted by atomic mass is 9.98. The summed E-state index contributed by atoms with van der Waals surface area (Å²) in [6.45, 7) is 2.71. The lowest BCUT2D eigenvalue weighted by molar-refractivity contribution is -0.144. The van der Waals surface area contributed by atoms with Gasteiger partial charge in [-0.15, -0.1) is 0 Å². The Bertz CT molecular complexity index is 342. The van der Waals surface area contributed by atoms with E-state index in [-0.39, 0.29) is 12.1 Å². The summed E-state index contributed by atoms with van der Waals surface area (Å²) >= 11 is 1.83. The standard InChI is InChI=1S/C12H20N2O3S/c1-9-8-18-7-6-14(9)11(17)13-12(10(15)16)4-2-3-5-12/h9H,2-8H2,1H3,(H,13,17)(H,15,16). The molecule has 5 nitrogen and oxygen atoms in total. The van der Waals surface area contributed by atoms with E-state index in [2.05, 4.69) is 5.32 Å². The first kappa shape index (κ1) is 13.5. The predicted molar refractivity (Wildman–Crippen MR) is 70.9 cm³/mol. The molecule has 2 rings (SSSR count). The van der Waals surface area contributed by atoms with Crippen molar-refractivity contribution in [1.29, 1.82) is 0 Å². The number of carbonyl (C=O) groups is 2. The monoisotopic (exact) mass is 272 g/mol. The van der Waals surface area contributed by atoms with Gasteiger partial charge in [0.1, 0.15) is 5.54 Å². The highest BCUT2D eigenvalue weighted by Crippen LogP contribution is 2.30. The number of thioether (sulfide) groups is 1. The van der Waals surface area contributed by atoms with Crippen LogP contribution in [-0.2, 0) is 4.79 Å². The second-order valence-corrected chi connectivity index (χ2v) is 6.29. The van der Waals surface area contributed by atoms with Crippen molar-refractivity contribution in [2.45, 2.75) is 44.2 Å². The largest absolute Gasteiger partial charge is 0.480 e. The van der Waals surface area contributed by atoms with E-state index in [0.717, 1.165) is 24.3 Å². The summed E-state index contributed by atoms with van der Waals surface area (Å²) in [5.74, 6) is 0.957. The number of urea groups is 1. The van der Waals surface area contributed by atoms with E-state index in [1.165, 1.54) is 0 Å². The van der Waals surface area contributed by atoms with E-state index in [1.807, 2.05) is 18.7 Å². The van der Waals surface area contributed by atoms with Gasteiger partial charge in [0.25, 0.3) is 0 Å². The molecule has 2 fully saturated rings. The molecule has 0 bridgehead atoms. The van der Waals surface area contributed by atoms with Gasteiger partial charge in [0, 0.05) is 24.1 Å². The first-order valence-corrected chi connectivity index (χ1v) is 7.60. The van der Waals surface area contributed by atoms with Crippen LogP contribution in [-0.4, -0.2) is 51.6 Å². The van der Waals surface area contributed by atoms with Crippen LogP contribution in [0.2, 0.25) is 0 Å². The number of carboxylic acid groups (broad SMARTS) is 1. The van der Waals surface area contributed by atoms with E-state index in [4.69, 9.17) is 0 Å². The average molecular weight is 272 g/mol. The molecule has 1 heterocycles. The number of hydrogen-bond donors (Lipinski definition) is 2. The van der Waals surface area contributed by atoms with E-state index in [9.17, 15) is 14.7 Å². The number of hydrogen-bond acceptors (Lipinski definition) is 3. The van der Waals surface area contributed by atoms with E-state index >= 15 is 0 Å². The number of aliphatic carboxylic acids is 1. The zero-order chi connectivity index (χ0) is 13.2. The van der Waals surface area contributed by atoms with Gasteiger partial charge >= 0.3 is 12.0 Å².